The van der Waals surface area contributed by atoms with E-state index in [0.29, 0.717) is 31.3 Å². The molecule has 0 amide bonds. The average molecular weight is 467 g/mol. The Bertz CT molecular complexity index is 1030. The van der Waals surface area contributed by atoms with E-state index in [1.165, 1.54) is 13.4 Å². The number of hydrogen-bond acceptors (Lipinski definition) is 6. The predicted molar refractivity (Wildman–Crippen MR) is 101 cm³/mol. The third-order valence-electron chi connectivity index (χ3n) is 4.72. The lowest BCUT2D eigenvalue weighted by atomic mass is 10.2. The summed E-state index contributed by atoms with van der Waals surface area (Å²) in [5, 5.41) is -0.562. The zero-order valence-corrected chi connectivity index (χ0v) is 17.4. The van der Waals surface area contributed by atoms with Crippen molar-refractivity contribution >= 4 is 27.6 Å². The molecule has 1 aromatic heterocycles. The van der Waals surface area contributed by atoms with Crippen LogP contribution in [0.2, 0.25) is 5.02 Å². The van der Waals surface area contributed by atoms with Crippen molar-refractivity contribution < 1.29 is 35.5 Å². The zero-order chi connectivity index (χ0) is 22.1. The lowest BCUT2D eigenvalue weighted by Gasteiger charge is -2.34. The molecular weight excluding hydrogens is 449 g/mol. The molecule has 7 nitrogen and oxygen atoms in total. The second-order valence-corrected chi connectivity index (χ2v) is 8.93. The van der Waals surface area contributed by atoms with E-state index in [1.807, 2.05) is 4.90 Å². The predicted octanol–water partition coefficient (Wildman–Crippen LogP) is 3.24. The number of ether oxygens (including phenoxy) is 1. The number of furan rings is 1. The number of hydrogen-bond donors (Lipinski definition) is 0. The van der Waals surface area contributed by atoms with Gasteiger partial charge in [0.05, 0.1) is 28.9 Å². The number of sulfonamides is 1. The minimum absolute atomic E-state index is 0.0772. The molecule has 2 heterocycles. The van der Waals surface area contributed by atoms with Crippen LogP contribution in [0.1, 0.15) is 21.7 Å². The van der Waals surface area contributed by atoms with E-state index >= 15 is 0 Å². The third kappa shape index (κ3) is 4.64. The normalized spacial score (nSPS) is 16.6. The molecule has 0 spiro atoms. The van der Waals surface area contributed by atoms with Gasteiger partial charge in [-0.3, -0.25) is 4.90 Å². The van der Waals surface area contributed by atoms with Crippen molar-refractivity contribution in [3.63, 3.8) is 0 Å². The van der Waals surface area contributed by atoms with Crippen LogP contribution in [0.3, 0.4) is 0 Å². The maximum atomic E-state index is 13.1. The Morgan fingerprint density at radius 1 is 1.20 bits per heavy atom. The van der Waals surface area contributed by atoms with Gasteiger partial charge in [-0.2, -0.15) is 17.5 Å². The minimum Gasteiger partial charge on any atom is -0.463 e. The largest absolute Gasteiger partial charge is 0.463 e. The van der Waals surface area contributed by atoms with E-state index in [9.17, 15) is 26.4 Å². The molecule has 1 aromatic carbocycles. The molecule has 0 radical (unpaired) electrons. The first kappa shape index (κ1) is 22.6. The molecule has 2 aromatic rings. The van der Waals surface area contributed by atoms with E-state index in [1.54, 1.807) is 6.07 Å². The van der Waals surface area contributed by atoms with Crippen molar-refractivity contribution in [1.82, 2.24) is 9.21 Å². The van der Waals surface area contributed by atoms with Gasteiger partial charge in [0, 0.05) is 38.3 Å². The zero-order valence-electron chi connectivity index (χ0n) is 15.8. The molecule has 0 N–H and O–H groups in total. The fourth-order valence-corrected chi connectivity index (χ4v) is 4.81. The fraction of sp³-hybridized carbons (Fsp3) is 0.389. The van der Waals surface area contributed by atoms with E-state index in [2.05, 4.69) is 4.74 Å². The van der Waals surface area contributed by atoms with Crippen LogP contribution in [0.25, 0.3) is 0 Å². The number of methoxy groups -OCH3 is 1. The van der Waals surface area contributed by atoms with Crippen molar-refractivity contribution in [2.45, 2.75) is 17.6 Å². The summed E-state index contributed by atoms with van der Waals surface area (Å²) < 4.78 is 75.7. The second-order valence-electron chi connectivity index (χ2n) is 6.59. The van der Waals surface area contributed by atoms with Gasteiger partial charge < -0.3 is 9.15 Å². The molecule has 1 saturated heterocycles. The van der Waals surface area contributed by atoms with Crippen LogP contribution in [0.4, 0.5) is 13.2 Å². The summed E-state index contributed by atoms with van der Waals surface area (Å²) >= 11 is 5.57. The van der Waals surface area contributed by atoms with Crippen molar-refractivity contribution in [3.05, 3.63) is 52.4 Å². The van der Waals surface area contributed by atoms with Gasteiger partial charge in [0.25, 0.3) is 0 Å². The van der Waals surface area contributed by atoms with E-state index in [-0.39, 0.29) is 18.8 Å². The van der Waals surface area contributed by atoms with Crippen molar-refractivity contribution in [2.75, 3.05) is 33.3 Å². The summed E-state index contributed by atoms with van der Waals surface area (Å²) in [6, 6.07) is 4.17. The van der Waals surface area contributed by atoms with E-state index in [0.717, 1.165) is 16.4 Å². The smallest absolute Gasteiger partial charge is 0.417 e. The summed E-state index contributed by atoms with van der Waals surface area (Å²) in [4.78, 5) is 13.1. The van der Waals surface area contributed by atoms with Crippen LogP contribution < -0.4 is 0 Å². The first-order chi connectivity index (χ1) is 14.0. The highest BCUT2D eigenvalue weighted by atomic mass is 35.5. The summed E-state index contributed by atoms with van der Waals surface area (Å²) in [5.74, 6) is -0.534. The number of piperazine rings is 1. The molecule has 0 aliphatic carbocycles. The van der Waals surface area contributed by atoms with Gasteiger partial charge in [-0.05, 0) is 24.3 Å². The molecule has 30 heavy (non-hydrogen) atoms. The molecule has 1 fully saturated rings. The highest BCUT2D eigenvalue weighted by molar-refractivity contribution is 7.89. The number of halogens is 4. The number of benzene rings is 1. The van der Waals surface area contributed by atoms with Crippen LogP contribution in [0.5, 0.6) is 0 Å². The number of esters is 1. The molecule has 0 saturated carbocycles. The van der Waals surface area contributed by atoms with Gasteiger partial charge in [-0.15, -0.1) is 0 Å². The standard InChI is InChI=1S/C18H18ClF3N2O5S/c1-28-17(25)16-12(4-9-29-16)11-23-5-7-24(8-6-23)30(26,27)13-2-3-15(19)14(10-13)18(20,21)22/h2-4,9-10H,5-8,11H2,1H3. The summed E-state index contributed by atoms with van der Waals surface area (Å²) in [5.41, 5.74) is -0.593. The van der Waals surface area contributed by atoms with Gasteiger partial charge in [-0.25, -0.2) is 13.2 Å². The van der Waals surface area contributed by atoms with Gasteiger partial charge in [-0.1, -0.05) is 11.6 Å². The topological polar surface area (TPSA) is 80.1 Å². The van der Waals surface area contributed by atoms with Gasteiger partial charge >= 0.3 is 12.1 Å². The van der Waals surface area contributed by atoms with Gasteiger partial charge in [0.15, 0.2) is 0 Å². The quantitative estimate of drug-likeness (QED) is 0.629. The number of carbonyl (C=O) groups is 1. The van der Waals surface area contributed by atoms with Crippen LogP contribution in [0.15, 0.2) is 39.8 Å². The molecule has 0 unspecified atom stereocenters. The highest BCUT2D eigenvalue weighted by Gasteiger charge is 2.36. The van der Waals surface area contributed by atoms with Crippen molar-refractivity contribution in [2.24, 2.45) is 0 Å². The molecule has 0 bridgehead atoms. The number of alkyl halides is 3. The van der Waals surface area contributed by atoms with Gasteiger partial charge in [0.2, 0.25) is 15.8 Å². The molecule has 3 rings (SSSR count). The average Bonchev–Trinajstić information content (AvgIpc) is 3.15. The van der Waals surface area contributed by atoms with Gasteiger partial charge in [0.1, 0.15) is 0 Å². The van der Waals surface area contributed by atoms with Crippen molar-refractivity contribution in [3.8, 4) is 0 Å². The monoisotopic (exact) mass is 466 g/mol. The van der Waals surface area contributed by atoms with Crippen LogP contribution in [0, 0.1) is 0 Å². The highest BCUT2D eigenvalue weighted by Crippen LogP contribution is 2.36. The van der Waals surface area contributed by atoms with Crippen LogP contribution >= 0.6 is 11.6 Å². The second kappa shape index (κ2) is 8.58. The fourth-order valence-electron chi connectivity index (χ4n) is 3.13. The lowest BCUT2D eigenvalue weighted by molar-refractivity contribution is -0.137. The maximum Gasteiger partial charge on any atom is 0.417 e. The SMILES string of the molecule is COC(=O)c1occc1CN1CCN(S(=O)(=O)c2ccc(Cl)c(C(F)(F)F)c2)CC1. The third-order valence-corrected chi connectivity index (χ3v) is 6.95. The Morgan fingerprint density at radius 2 is 1.87 bits per heavy atom. The Kier molecular flexibility index (Phi) is 6.46. The number of nitrogens with zero attached hydrogens (tertiary/aromatic N) is 2. The molecule has 12 heteroatoms. The Morgan fingerprint density at radius 3 is 2.47 bits per heavy atom. The Hall–Kier alpha value is -2.08. The summed E-state index contributed by atoms with van der Waals surface area (Å²) in [6.45, 7) is 1.15. The maximum absolute atomic E-state index is 13.1. The van der Waals surface area contributed by atoms with Crippen LogP contribution in [-0.2, 0) is 27.5 Å². The molecule has 1 aliphatic heterocycles. The van der Waals surface area contributed by atoms with E-state index in [4.69, 9.17) is 16.0 Å². The first-order valence-corrected chi connectivity index (χ1v) is 10.6. The minimum atomic E-state index is -4.76. The first-order valence-electron chi connectivity index (χ1n) is 8.78. The van der Waals surface area contributed by atoms with Crippen LogP contribution in [-0.4, -0.2) is 56.9 Å². The molecule has 0 atom stereocenters. The van der Waals surface area contributed by atoms with Crippen molar-refractivity contribution in [1.29, 1.82) is 0 Å². The van der Waals surface area contributed by atoms with E-state index < -0.39 is 37.7 Å². The summed E-state index contributed by atoms with van der Waals surface area (Å²) in [6.07, 6.45) is -3.40. The molecule has 1 aliphatic rings. The number of carbonyl (C=O) groups excluding carboxylic acids is 1. The number of rotatable bonds is 5. The molecular formula is C18H18ClF3N2O5S. The summed E-state index contributed by atoms with van der Waals surface area (Å²) in [7, 11) is -2.88. The lowest BCUT2D eigenvalue weighted by Crippen LogP contribution is -2.48. The Balaban J connectivity index is 1.70. The molecule has 164 valence electrons. The Labute approximate surface area is 176 Å².